The van der Waals surface area contributed by atoms with Gasteiger partial charge in [0, 0.05) is 24.2 Å². The van der Waals surface area contributed by atoms with E-state index < -0.39 is 11.2 Å². The predicted molar refractivity (Wildman–Crippen MR) is 81.5 cm³/mol. The average Bonchev–Trinajstić information content (AvgIpc) is 2.42. The summed E-state index contributed by atoms with van der Waals surface area (Å²) in [5.74, 6) is -0.707. The molecule has 112 valence electrons. The van der Waals surface area contributed by atoms with Gasteiger partial charge in [-0.3, -0.25) is 4.79 Å². The largest absolute Gasteiger partial charge is 0.381 e. The van der Waals surface area contributed by atoms with Crippen LogP contribution in [0.3, 0.4) is 0 Å². The Morgan fingerprint density at radius 1 is 1.45 bits per heavy atom. The standard InChI is InChI=1S/C13H16BrFN2O2.ClH/c14-9-1-2-11(10(15)7-9)17-12(18)13(8-16)3-5-19-6-4-13;/h1-2,7H,3-6,8,16H2,(H,17,18);1H. The maximum absolute atomic E-state index is 13.7. The fourth-order valence-corrected chi connectivity index (χ4v) is 2.46. The van der Waals surface area contributed by atoms with E-state index in [0.29, 0.717) is 30.5 Å². The first-order chi connectivity index (χ1) is 9.07. The molecule has 7 heteroatoms. The van der Waals surface area contributed by atoms with Gasteiger partial charge in [-0.25, -0.2) is 4.39 Å². The minimum absolute atomic E-state index is 0. The molecule has 4 nitrogen and oxygen atoms in total. The van der Waals surface area contributed by atoms with E-state index in [1.807, 2.05) is 0 Å². The van der Waals surface area contributed by atoms with Crippen LogP contribution in [-0.4, -0.2) is 25.7 Å². The van der Waals surface area contributed by atoms with Gasteiger partial charge < -0.3 is 15.8 Å². The van der Waals surface area contributed by atoms with Crippen LogP contribution in [0.5, 0.6) is 0 Å². The third kappa shape index (κ3) is 3.69. The van der Waals surface area contributed by atoms with Gasteiger partial charge in [0.25, 0.3) is 0 Å². The highest BCUT2D eigenvalue weighted by Gasteiger charge is 2.39. The Morgan fingerprint density at radius 3 is 2.65 bits per heavy atom. The number of carbonyl (C=O) groups is 1. The monoisotopic (exact) mass is 366 g/mol. The van der Waals surface area contributed by atoms with Crippen molar-refractivity contribution in [2.75, 3.05) is 25.1 Å². The number of anilines is 1. The van der Waals surface area contributed by atoms with Crippen LogP contribution in [0.1, 0.15) is 12.8 Å². The molecule has 1 saturated heterocycles. The Morgan fingerprint density at radius 2 is 2.10 bits per heavy atom. The predicted octanol–water partition coefficient (Wildman–Crippen LogP) is 2.70. The zero-order chi connectivity index (χ0) is 13.9. The van der Waals surface area contributed by atoms with Crippen molar-refractivity contribution in [2.24, 2.45) is 11.1 Å². The van der Waals surface area contributed by atoms with Crippen LogP contribution < -0.4 is 11.1 Å². The molecular weight excluding hydrogens is 351 g/mol. The quantitative estimate of drug-likeness (QED) is 0.863. The molecule has 1 aliphatic heterocycles. The van der Waals surface area contributed by atoms with Gasteiger partial charge in [-0.2, -0.15) is 0 Å². The van der Waals surface area contributed by atoms with E-state index in [2.05, 4.69) is 21.2 Å². The van der Waals surface area contributed by atoms with Crippen LogP contribution >= 0.6 is 28.3 Å². The Hall–Kier alpha value is -0.690. The van der Waals surface area contributed by atoms with Crippen molar-refractivity contribution < 1.29 is 13.9 Å². The molecule has 0 radical (unpaired) electrons. The third-order valence-electron chi connectivity index (χ3n) is 3.50. The lowest BCUT2D eigenvalue weighted by atomic mass is 9.79. The highest BCUT2D eigenvalue weighted by atomic mass is 79.9. The molecule has 0 bridgehead atoms. The summed E-state index contributed by atoms with van der Waals surface area (Å²) in [6.07, 6.45) is 1.13. The second-order valence-corrected chi connectivity index (χ2v) is 5.59. The number of nitrogens with one attached hydrogen (secondary N) is 1. The number of ether oxygens (including phenoxy) is 1. The molecule has 2 rings (SSSR count). The van der Waals surface area contributed by atoms with E-state index in [9.17, 15) is 9.18 Å². The van der Waals surface area contributed by atoms with Crippen LogP contribution in [0.15, 0.2) is 22.7 Å². The topological polar surface area (TPSA) is 64.4 Å². The Balaban J connectivity index is 0.00000200. The summed E-state index contributed by atoms with van der Waals surface area (Å²) in [6.45, 7) is 1.25. The van der Waals surface area contributed by atoms with Crippen molar-refractivity contribution >= 4 is 39.9 Å². The van der Waals surface area contributed by atoms with Crippen LogP contribution in [-0.2, 0) is 9.53 Å². The minimum Gasteiger partial charge on any atom is -0.381 e. The molecule has 0 spiro atoms. The number of benzene rings is 1. The number of amides is 1. The molecule has 3 N–H and O–H groups in total. The number of hydrogen-bond donors (Lipinski definition) is 2. The van der Waals surface area contributed by atoms with Gasteiger partial charge in [0.05, 0.1) is 11.1 Å². The molecule has 1 fully saturated rings. The highest BCUT2D eigenvalue weighted by molar-refractivity contribution is 9.10. The normalized spacial score (nSPS) is 17.1. The summed E-state index contributed by atoms with van der Waals surface area (Å²) >= 11 is 3.17. The summed E-state index contributed by atoms with van der Waals surface area (Å²) in [5.41, 5.74) is 5.26. The van der Waals surface area contributed by atoms with Crippen LogP contribution in [0, 0.1) is 11.2 Å². The van der Waals surface area contributed by atoms with Gasteiger partial charge in [0.1, 0.15) is 5.82 Å². The fourth-order valence-electron chi connectivity index (χ4n) is 2.13. The maximum atomic E-state index is 13.7. The first kappa shape index (κ1) is 17.4. The fraction of sp³-hybridized carbons (Fsp3) is 0.462. The van der Waals surface area contributed by atoms with E-state index in [4.69, 9.17) is 10.5 Å². The van der Waals surface area contributed by atoms with Crippen molar-refractivity contribution in [3.05, 3.63) is 28.5 Å². The first-order valence-electron chi connectivity index (χ1n) is 6.12. The number of hydrogen-bond acceptors (Lipinski definition) is 3. The number of rotatable bonds is 3. The second kappa shape index (κ2) is 7.36. The lowest BCUT2D eigenvalue weighted by molar-refractivity contribution is -0.130. The SMILES string of the molecule is Cl.NCC1(C(=O)Nc2ccc(Br)cc2F)CCOCC1. The van der Waals surface area contributed by atoms with Crippen molar-refractivity contribution in [1.29, 1.82) is 0 Å². The zero-order valence-electron chi connectivity index (χ0n) is 10.8. The molecular formula is C13H17BrClFN2O2. The zero-order valence-corrected chi connectivity index (χ0v) is 13.2. The van der Waals surface area contributed by atoms with Gasteiger partial charge in [-0.15, -0.1) is 12.4 Å². The second-order valence-electron chi connectivity index (χ2n) is 4.68. The van der Waals surface area contributed by atoms with Gasteiger partial charge >= 0.3 is 0 Å². The molecule has 0 aliphatic carbocycles. The Bertz CT molecular complexity index is 481. The Labute approximate surface area is 131 Å². The van der Waals surface area contributed by atoms with Gasteiger partial charge in [0.2, 0.25) is 5.91 Å². The molecule has 1 aromatic rings. The van der Waals surface area contributed by atoms with Crippen molar-refractivity contribution in [3.8, 4) is 0 Å². The van der Waals surface area contributed by atoms with Crippen LogP contribution in [0.4, 0.5) is 10.1 Å². The number of nitrogens with two attached hydrogens (primary N) is 1. The summed E-state index contributed by atoms with van der Waals surface area (Å²) < 4.78 is 19.6. The molecule has 0 atom stereocenters. The molecule has 1 heterocycles. The van der Waals surface area contributed by atoms with E-state index >= 15 is 0 Å². The molecule has 20 heavy (non-hydrogen) atoms. The first-order valence-corrected chi connectivity index (χ1v) is 6.91. The molecule has 0 unspecified atom stereocenters. The van der Waals surface area contributed by atoms with Gasteiger partial charge in [-0.05, 0) is 31.0 Å². The molecule has 1 aliphatic rings. The van der Waals surface area contributed by atoms with Crippen LogP contribution in [0.25, 0.3) is 0 Å². The third-order valence-corrected chi connectivity index (χ3v) is 3.99. The number of halogens is 3. The van der Waals surface area contributed by atoms with Crippen molar-refractivity contribution in [3.63, 3.8) is 0 Å². The highest BCUT2D eigenvalue weighted by Crippen LogP contribution is 2.31. The van der Waals surface area contributed by atoms with Crippen LogP contribution in [0.2, 0.25) is 0 Å². The van der Waals surface area contributed by atoms with E-state index in [1.165, 1.54) is 12.1 Å². The summed E-state index contributed by atoms with van der Waals surface area (Å²) in [7, 11) is 0. The average molecular weight is 368 g/mol. The summed E-state index contributed by atoms with van der Waals surface area (Å²) in [5, 5.41) is 2.63. The van der Waals surface area contributed by atoms with Crippen molar-refractivity contribution in [1.82, 2.24) is 0 Å². The molecule has 0 saturated carbocycles. The smallest absolute Gasteiger partial charge is 0.232 e. The summed E-state index contributed by atoms with van der Waals surface area (Å²) in [6, 6.07) is 4.52. The van der Waals surface area contributed by atoms with Gasteiger partial charge in [0.15, 0.2) is 0 Å². The number of carbonyl (C=O) groups excluding carboxylic acids is 1. The molecule has 1 aromatic carbocycles. The van der Waals surface area contributed by atoms with E-state index in [1.54, 1.807) is 6.07 Å². The molecule has 0 aromatic heterocycles. The summed E-state index contributed by atoms with van der Waals surface area (Å²) in [4.78, 5) is 12.3. The van der Waals surface area contributed by atoms with E-state index in [-0.39, 0.29) is 30.5 Å². The van der Waals surface area contributed by atoms with Gasteiger partial charge in [-0.1, -0.05) is 15.9 Å². The molecule has 1 amide bonds. The van der Waals surface area contributed by atoms with Crippen molar-refractivity contribution in [2.45, 2.75) is 12.8 Å². The lowest BCUT2D eigenvalue weighted by Gasteiger charge is -2.34. The lowest BCUT2D eigenvalue weighted by Crippen LogP contribution is -2.46. The Kier molecular flexibility index (Phi) is 6.39. The maximum Gasteiger partial charge on any atom is 0.232 e. The minimum atomic E-state index is -0.655. The van der Waals surface area contributed by atoms with E-state index in [0.717, 1.165) is 0 Å².